The predicted molar refractivity (Wildman–Crippen MR) is 135 cm³/mol. The first kappa shape index (κ1) is 22.2. The molecule has 0 spiro atoms. The zero-order valence-corrected chi connectivity index (χ0v) is 19.7. The second-order valence-corrected chi connectivity index (χ2v) is 9.30. The molecule has 174 valence electrons. The number of para-hydroxylation sites is 2. The van der Waals surface area contributed by atoms with Gasteiger partial charge in [-0.25, -0.2) is 0 Å². The number of imidazole rings is 1. The summed E-state index contributed by atoms with van der Waals surface area (Å²) in [6, 6.07) is 25.0. The number of aromatic nitrogens is 2. The van der Waals surface area contributed by atoms with Gasteiger partial charge in [0.2, 0.25) is 11.5 Å². The molecule has 2 heterocycles. The van der Waals surface area contributed by atoms with Gasteiger partial charge >= 0.3 is 0 Å². The van der Waals surface area contributed by atoms with Gasteiger partial charge in [-0.15, -0.1) is 0 Å². The monoisotopic (exact) mass is 453 g/mol. The summed E-state index contributed by atoms with van der Waals surface area (Å²) in [5.41, 5.74) is 7.27. The van der Waals surface area contributed by atoms with Crippen molar-refractivity contribution in [2.24, 2.45) is 0 Å². The summed E-state index contributed by atoms with van der Waals surface area (Å²) in [7, 11) is 0. The van der Waals surface area contributed by atoms with Crippen LogP contribution >= 0.6 is 0 Å². The normalized spacial score (nSPS) is 15.9. The Morgan fingerprint density at radius 2 is 1.56 bits per heavy atom. The molecule has 3 aromatic carbocycles. The lowest BCUT2D eigenvalue weighted by Gasteiger charge is -2.21. The lowest BCUT2D eigenvalue weighted by molar-refractivity contribution is -0.120. The molecule has 5 rings (SSSR count). The summed E-state index contributed by atoms with van der Waals surface area (Å²) >= 11 is 0. The molecule has 1 saturated heterocycles. The van der Waals surface area contributed by atoms with Gasteiger partial charge in [0.15, 0.2) is 0 Å². The van der Waals surface area contributed by atoms with Crippen LogP contribution in [0, 0.1) is 19.3 Å². The summed E-state index contributed by atoms with van der Waals surface area (Å²) < 4.78 is 4.15. The molecular formula is C28H31N5O. The van der Waals surface area contributed by atoms with Crippen LogP contribution < -0.4 is 16.3 Å². The molecule has 1 aliphatic rings. The van der Waals surface area contributed by atoms with Crippen molar-refractivity contribution >= 4 is 16.9 Å². The van der Waals surface area contributed by atoms with E-state index in [-0.39, 0.29) is 18.0 Å². The molecule has 0 aliphatic carbocycles. The van der Waals surface area contributed by atoms with Crippen LogP contribution in [0.3, 0.4) is 0 Å². The van der Waals surface area contributed by atoms with Crippen molar-refractivity contribution in [2.75, 3.05) is 13.1 Å². The summed E-state index contributed by atoms with van der Waals surface area (Å²) in [6.07, 6.45) is 0.730. The summed E-state index contributed by atoms with van der Waals surface area (Å²) in [4.78, 5) is 12.4. The molecular weight excluding hydrogens is 422 g/mol. The fraction of sp³-hybridized carbons (Fsp3) is 0.286. The van der Waals surface area contributed by atoms with E-state index in [4.69, 9.17) is 0 Å². The second kappa shape index (κ2) is 9.31. The molecule has 1 aliphatic heterocycles. The van der Waals surface area contributed by atoms with Gasteiger partial charge in [-0.05, 0) is 43.5 Å². The van der Waals surface area contributed by atoms with Gasteiger partial charge in [0, 0.05) is 13.1 Å². The third-order valence-electron chi connectivity index (χ3n) is 6.57. The maximum atomic E-state index is 12.4. The first-order chi connectivity index (χ1) is 16.5. The van der Waals surface area contributed by atoms with Crippen LogP contribution in [0.2, 0.25) is 0 Å². The highest BCUT2D eigenvalue weighted by Gasteiger charge is 2.29. The van der Waals surface area contributed by atoms with Crippen molar-refractivity contribution in [2.45, 2.75) is 38.9 Å². The van der Waals surface area contributed by atoms with E-state index in [9.17, 15) is 10.2 Å². The fourth-order valence-corrected chi connectivity index (χ4v) is 4.50. The highest BCUT2D eigenvalue weighted by Crippen LogP contribution is 2.22. The highest BCUT2D eigenvalue weighted by molar-refractivity contribution is 5.84. The Morgan fingerprint density at radius 1 is 0.971 bits per heavy atom. The summed E-state index contributed by atoms with van der Waals surface area (Å²) in [6.45, 7) is 6.00. The lowest BCUT2D eigenvalue weighted by Crippen LogP contribution is -2.38. The van der Waals surface area contributed by atoms with E-state index >= 15 is 0 Å². The van der Waals surface area contributed by atoms with Gasteiger partial charge in [-0.1, -0.05) is 71.8 Å². The summed E-state index contributed by atoms with van der Waals surface area (Å²) in [5.74, 6) is 0.0319. The number of aryl methyl sites for hydroxylation is 2. The van der Waals surface area contributed by atoms with E-state index < -0.39 is 0 Å². The minimum Gasteiger partial charge on any atom is -0.353 e. The van der Waals surface area contributed by atoms with E-state index in [1.165, 1.54) is 16.7 Å². The average molecular weight is 454 g/mol. The first-order valence-electron chi connectivity index (χ1n) is 11.9. The summed E-state index contributed by atoms with van der Waals surface area (Å²) in [5, 5.41) is 15.4. The number of nitrogens with zero attached hydrogens (tertiary/aromatic N) is 2. The number of carbonyl (C=O) groups is 1. The van der Waals surface area contributed by atoms with Crippen LogP contribution in [0.25, 0.3) is 11.0 Å². The fourth-order valence-electron chi connectivity index (χ4n) is 4.50. The topological polar surface area (TPSA) is 84.8 Å². The largest absolute Gasteiger partial charge is 0.353 e. The van der Waals surface area contributed by atoms with Crippen molar-refractivity contribution < 1.29 is 4.79 Å². The zero-order chi connectivity index (χ0) is 23.7. The number of carbonyl (C=O) groups excluding carboxylic acids is 1. The van der Waals surface area contributed by atoms with E-state index in [0.717, 1.165) is 29.6 Å². The van der Waals surface area contributed by atoms with E-state index in [2.05, 4.69) is 94.3 Å². The molecule has 6 heteroatoms. The van der Waals surface area contributed by atoms with Crippen molar-refractivity contribution in [3.63, 3.8) is 0 Å². The molecule has 0 radical (unpaired) electrons. The van der Waals surface area contributed by atoms with Crippen LogP contribution in [-0.2, 0) is 17.8 Å². The average Bonchev–Trinajstić information content (AvgIpc) is 3.66. The minimum atomic E-state index is -0.0814. The molecule has 34 heavy (non-hydrogen) atoms. The van der Waals surface area contributed by atoms with Crippen LogP contribution in [0.4, 0.5) is 0 Å². The number of fused-ring (bicyclic) bond motifs is 1. The van der Waals surface area contributed by atoms with Gasteiger partial charge < -0.3 is 19.8 Å². The van der Waals surface area contributed by atoms with Crippen LogP contribution in [0.15, 0.2) is 72.8 Å². The Balaban J connectivity index is 1.54. The number of amides is 1. The second-order valence-electron chi connectivity index (χ2n) is 9.30. The molecule has 4 aromatic rings. The number of hydrogen-bond acceptors (Lipinski definition) is 3. The first-order valence-corrected chi connectivity index (χ1v) is 11.9. The molecule has 0 saturated carbocycles. The Labute approximate surface area is 199 Å². The predicted octanol–water partition coefficient (Wildman–Crippen LogP) is 3.46. The molecule has 2 unspecified atom stereocenters. The Morgan fingerprint density at radius 3 is 2.18 bits per heavy atom. The van der Waals surface area contributed by atoms with Crippen LogP contribution in [-0.4, -0.2) is 34.2 Å². The van der Waals surface area contributed by atoms with Gasteiger partial charge in [-0.2, -0.15) is 0 Å². The van der Waals surface area contributed by atoms with Gasteiger partial charge in [0.25, 0.3) is 0 Å². The smallest absolute Gasteiger partial charge is 0.238 e. The molecule has 3 N–H and O–H groups in total. The minimum absolute atomic E-state index is 0.0319. The van der Waals surface area contributed by atoms with Gasteiger partial charge in [0.1, 0.15) is 0 Å². The van der Waals surface area contributed by atoms with Crippen molar-refractivity contribution in [1.82, 2.24) is 19.8 Å². The number of nitrogens with one attached hydrogen (secondary N) is 3. The van der Waals surface area contributed by atoms with Gasteiger partial charge in [0.05, 0.1) is 29.7 Å². The Bertz CT molecular complexity index is 1360. The number of rotatable bonds is 8. The third kappa shape index (κ3) is 4.68. The molecule has 0 bridgehead atoms. The Hall–Kier alpha value is -3.64. The van der Waals surface area contributed by atoms with Crippen LogP contribution in [0.5, 0.6) is 0 Å². The van der Waals surface area contributed by atoms with E-state index in [1.807, 2.05) is 12.1 Å². The van der Waals surface area contributed by atoms with Crippen molar-refractivity contribution in [3.8, 4) is 0 Å². The molecule has 6 nitrogen and oxygen atoms in total. The van der Waals surface area contributed by atoms with Gasteiger partial charge in [-0.3, -0.25) is 10.2 Å². The zero-order valence-electron chi connectivity index (χ0n) is 19.7. The highest BCUT2D eigenvalue weighted by atomic mass is 16.2. The molecule has 1 fully saturated rings. The van der Waals surface area contributed by atoms with E-state index in [1.54, 1.807) is 0 Å². The quantitative estimate of drug-likeness (QED) is 0.357. The maximum Gasteiger partial charge on any atom is 0.238 e. The molecule has 2 atom stereocenters. The third-order valence-corrected chi connectivity index (χ3v) is 6.57. The van der Waals surface area contributed by atoms with Crippen LogP contribution in [0.1, 0.15) is 28.3 Å². The van der Waals surface area contributed by atoms with Crippen molar-refractivity contribution in [3.05, 3.63) is 101 Å². The number of benzene rings is 3. The van der Waals surface area contributed by atoms with E-state index in [0.29, 0.717) is 18.7 Å². The Kier molecular flexibility index (Phi) is 6.07. The van der Waals surface area contributed by atoms with Crippen molar-refractivity contribution in [1.29, 1.82) is 5.41 Å². The maximum absolute atomic E-state index is 12.4. The molecule has 1 amide bonds. The molecule has 1 aromatic heterocycles. The standard InChI is InChI=1S/C28H31N5O/c1-19-7-11-21(12-8-19)15-23(16-31-27(34)24-17-30-24)33-26-6-4-3-5-25(26)32(28(33)29)18-22-13-9-20(2)10-14-22/h3-14,23-24,29-30H,15-18H2,1-2H3,(H,31,34). The number of hydrogen-bond donors (Lipinski definition) is 3. The SMILES string of the molecule is Cc1ccc(CC(CNC(=O)C2CN2)n2c(=N)n(Cc3ccc(C)cc3)c3ccccc32)cc1. The lowest BCUT2D eigenvalue weighted by atomic mass is 10.0.